The first-order valence-electron chi connectivity index (χ1n) is 7.65. The smallest absolute Gasteiger partial charge is 0.273 e. The second kappa shape index (κ2) is 7.26. The Kier molecular flexibility index (Phi) is 5.38. The molecule has 6 nitrogen and oxygen atoms in total. The second-order valence-corrected chi connectivity index (χ2v) is 5.36. The zero-order valence-corrected chi connectivity index (χ0v) is 12.8. The minimum absolute atomic E-state index is 0.120. The van der Waals surface area contributed by atoms with Crippen LogP contribution in [0.2, 0.25) is 0 Å². The average Bonchev–Trinajstić information content (AvgIpc) is 2.92. The minimum atomic E-state index is -0.347. The highest BCUT2D eigenvalue weighted by Crippen LogP contribution is 2.25. The Morgan fingerprint density at radius 2 is 2.00 bits per heavy atom. The van der Waals surface area contributed by atoms with Crippen molar-refractivity contribution in [2.75, 3.05) is 36.8 Å². The van der Waals surface area contributed by atoms with E-state index in [9.17, 15) is 10.1 Å². The van der Waals surface area contributed by atoms with Gasteiger partial charge in [-0.15, -0.1) is 0 Å². The van der Waals surface area contributed by atoms with Gasteiger partial charge in [0.25, 0.3) is 5.69 Å². The van der Waals surface area contributed by atoms with Crippen LogP contribution in [0, 0.1) is 10.1 Å². The van der Waals surface area contributed by atoms with Crippen LogP contribution in [0.3, 0.4) is 0 Å². The molecule has 21 heavy (non-hydrogen) atoms. The molecule has 1 unspecified atom stereocenters. The first kappa shape index (κ1) is 15.6. The summed E-state index contributed by atoms with van der Waals surface area (Å²) in [4.78, 5) is 13.1. The lowest BCUT2D eigenvalue weighted by Gasteiger charge is -2.23. The van der Waals surface area contributed by atoms with E-state index in [1.54, 1.807) is 12.1 Å². The van der Waals surface area contributed by atoms with E-state index in [2.05, 4.69) is 22.5 Å². The highest BCUT2D eigenvalue weighted by Gasteiger charge is 2.22. The SMILES string of the molecule is CCNc1cc(NCC2CCCN2CC)cc([N+](=O)[O-])c1. The van der Waals surface area contributed by atoms with Gasteiger partial charge < -0.3 is 10.6 Å². The topological polar surface area (TPSA) is 70.4 Å². The number of likely N-dealkylation sites (N-methyl/N-ethyl adjacent to an activating group) is 1. The number of anilines is 2. The van der Waals surface area contributed by atoms with E-state index >= 15 is 0 Å². The lowest BCUT2D eigenvalue weighted by Crippen LogP contribution is -2.34. The summed E-state index contributed by atoms with van der Waals surface area (Å²) in [5.41, 5.74) is 1.71. The number of nitro benzene ring substituents is 1. The van der Waals surface area contributed by atoms with Crippen molar-refractivity contribution in [2.24, 2.45) is 0 Å². The lowest BCUT2D eigenvalue weighted by molar-refractivity contribution is -0.384. The quantitative estimate of drug-likeness (QED) is 0.597. The number of rotatable bonds is 7. The number of hydrogen-bond acceptors (Lipinski definition) is 5. The number of non-ortho nitro benzene ring substituents is 1. The molecule has 2 rings (SSSR count). The first-order chi connectivity index (χ1) is 10.1. The molecule has 0 aromatic heterocycles. The van der Waals surface area contributed by atoms with Crippen LogP contribution in [0.15, 0.2) is 18.2 Å². The molecular formula is C15H24N4O2. The maximum atomic E-state index is 11.0. The highest BCUT2D eigenvalue weighted by atomic mass is 16.6. The molecule has 0 bridgehead atoms. The van der Waals surface area contributed by atoms with Gasteiger partial charge in [0.05, 0.1) is 4.92 Å². The molecule has 6 heteroatoms. The van der Waals surface area contributed by atoms with E-state index in [4.69, 9.17) is 0 Å². The molecule has 0 radical (unpaired) electrons. The monoisotopic (exact) mass is 292 g/mol. The molecule has 116 valence electrons. The molecule has 1 aromatic carbocycles. The van der Waals surface area contributed by atoms with Gasteiger partial charge in [0, 0.05) is 42.6 Å². The van der Waals surface area contributed by atoms with Crippen LogP contribution in [0.5, 0.6) is 0 Å². The van der Waals surface area contributed by atoms with Crippen molar-refractivity contribution >= 4 is 17.1 Å². The zero-order valence-electron chi connectivity index (χ0n) is 12.8. The van der Waals surface area contributed by atoms with Gasteiger partial charge in [-0.3, -0.25) is 15.0 Å². The molecule has 0 saturated carbocycles. The number of hydrogen-bond donors (Lipinski definition) is 2. The van der Waals surface area contributed by atoms with Crippen molar-refractivity contribution in [2.45, 2.75) is 32.7 Å². The Morgan fingerprint density at radius 3 is 2.62 bits per heavy atom. The van der Waals surface area contributed by atoms with Crippen molar-refractivity contribution in [3.05, 3.63) is 28.3 Å². The van der Waals surface area contributed by atoms with Crippen molar-refractivity contribution in [3.63, 3.8) is 0 Å². The normalized spacial score (nSPS) is 18.7. The predicted octanol–water partition coefficient (Wildman–Crippen LogP) is 2.92. The average molecular weight is 292 g/mol. The van der Waals surface area contributed by atoms with Crippen LogP contribution in [0.25, 0.3) is 0 Å². The Balaban J connectivity index is 2.06. The van der Waals surface area contributed by atoms with Crippen LogP contribution in [-0.4, -0.2) is 42.0 Å². The zero-order chi connectivity index (χ0) is 15.2. The summed E-state index contributed by atoms with van der Waals surface area (Å²) in [7, 11) is 0. The Bertz CT molecular complexity index is 493. The van der Waals surface area contributed by atoms with E-state index in [0.717, 1.165) is 37.6 Å². The van der Waals surface area contributed by atoms with Gasteiger partial charge in [-0.1, -0.05) is 6.92 Å². The fourth-order valence-electron chi connectivity index (χ4n) is 2.90. The number of nitro groups is 1. The third-order valence-corrected chi connectivity index (χ3v) is 3.96. The number of benzene rings is 1. The molecule has 1 saturated heterocycles. The van der Waals surface area contributed by atoms with Crippen LogP contribution in [0.4, 0.5) is 17.1 Å². The standard InChI is InChI=1S/C15H24N4O2/c1-3-16-12-8-13(10-15(9-12)19(20)21)17-11-14-6-5-7-18(14)4-2/h8-10,14,16-17H,3-7,11H2,1-2H3. The lowest BCUT2D eigenvalue weighted by atomic mass is 10.2. The fourth-order valence-corrected chi connectivity index (χ4v) is 2.90. The Hall–Kier alpha value is -1.82. The second-order valence-electron chi connectivity index (χ2n) is 5.36. The summed E-state index contributed by atoms with van der Waals surface area (Å²) >= 11 is 0. The summed E-state index contributed by atoms with van der Waals surface area (Å²) in [5.74, 6) is 0. The number of nitrogens with one attached hydrogen (secondary N) is 2. The van der Waals surface area contributed by atoms with Crippen molar-refractivity contribution in [3.8, 4) is 0 Å². The van der Waals surface area contributed by atoms with Crippen LogP contribution in [0.1, 0.15) is 26.7 Å². The summed E-state index contributed by atoms with van der Waals surface area (Å²) in [6.07, 6.45) is 2.42. The van der Waals surface area contributed by atoms with Crippen LogP contribution < -0.4 is 10.6 Å². The van der Waals surface area contributed by atoms with Gasteiger partial charge in [0.2, 0.25) is 0 Å². The molecule has 1 aliphatic heterocycles. The van der Waals surface area contributed by atoms with Crippen molar-refractivity contribution in [1.29, 1.82) is 0 Å². The van der Waals surface area contributed by atoms with Gasteiger partial charge in [0.15, 0.2) is 0 Å². The van der Waals surface area contributed by atoms with Crippen LogP contribution in [-0.2, 0) is 0 Å². The van der Waals surface area contributed by atoms with E-state index in [1.165, 1.54) is 12.8 Å². The number of likely N-dealkylation sites (tertiary alicyclic amines) is 1. The molecule has 2 N–H and O–H groups in total. The number of nitrogens with zero attached hydrogens (tertiary/aromatic N) is 2. The third-order valence-electron chi connectivity index (χ3n) is 3.96. The van der Waals surface area contributed by atoms with Gasteiger partial charge in [-0.2, -0.15) is 0 Å². The van der Waals surface area contributed by atoms with Gasteiger partial charge in [-0.05, 0) is 38.9 Å². The molecule has 0 spiro atoms. The fraction of sp³-hybridized carbons (Fsp3) is 0.600. The summed E-state index contributed by atoms with van der Waals surface area (Å²) < 4.78 is 0. The molecule has 1 atom stereocenters. The van der Waals surface area contributed by atoms with Crippen LogP contribution >= 0.6 is 0 Å². The van der Waals surface area contributed by atoms with E-state index < -0.39 is 0 Å². The van der Waals surface area contributed by atoms with Gasteiger partial charge >= 0.3 is 0 Å². The third kappa shape index (κ3) is 4.07. The Morgan fingerprint density at radius 1 is 1.29 bits per heavy atom. The van der Waals surface area contributed by atoms with Gasteiger partial charge in [-0.25, -0.2) is 0 Å². The maximum absolute atomic E-state index is 11.0. The highest BCUT2D eigenvalue weighted by molar-refractivity contribution is 5.63. The van der Waals surface area contributed by atoms with E-state index in [1.807, 2.05) is 13.0 Å². The molecule has 1 aromatic rings. The molecular weight excluding hydrogens is 268 g/mol. The molecule has 0 amide bonds. The molecule has 0 aliphatic carbocycles. The van der Waals surface area contributed by atoms with Crippen molar-refractivity contribution in [1.82, 2.24) is 4.90 Å². The Labute approximate surface area is 125 Å². The first-order valence-corrected chi connectivity index (χ1v) is 7.65. The summed E-state index contributed by atoms with van der Waals surface area (Å²) in [6, 6.07) is 5.63. The maximum Gasteiger partial charge on any atom is 0.273 e. The molecule has 1 heterocycles. The van der Waals surface area contributed by atoms with Gasteiger partial charge in [0.1, 0.15) is 0 Å². The predicted molar refractivity (Wildman–Crippen MR) is 86.0 cm³/mol. The van der Waals surface area contributed by atoms with Crippen molar-refractivity contribution < 1.29 is 4.92 Å². The largest absolute Gasteiger partial charge is 0.385 e. The van der Waals surface area contributed by atoms with E-state index in [0.29, 0.717) is 6.04 Å². The summed E-state index contributed by atoms with van der Waals surface area (Å²) in [5, 5.41) is 17.5. The minimum Gasteiger partial charge on any atom is -0.385 e. The summed E-state index contributed by atoms with van der Waals surface area (Å²) in [6.45, 7) is 7.94. The molecule has 1 fully saturated rings. The van der Waals surface area contributed by atoms with E-state index in [-0.39, 0.29) is 10.6 Å². The molecule has 1 aliphatic rings.